The van der Waals surface area contributed by atoms with E-state index in [1.807, 2.05) is 12.3 Å². The van der Waals surface area contributed by atoms with Gasteiger partial charge in [-0.05, 0) is 134 Å². The van der Waals surface area contributed by atoms with Gasteiger partial charge < -0.3 is 4.90 Å². The van der Waals surface area contributed by atoms with E-state index in [1.165, 1.54) is 78.1 Å². The molecule has 276 valence electrons. The summed E-state index contributed by atoms with van der Waals surface area (Å²) in [5.41, 5.74) is 15.5. The highest BCUT2D eigenvalue weighted by atomic mass is 15.1. The topological polar surface area (TPSA) is 16.1 Å². The molecule has 0 saturated carbocycles. The summed E-state index contributed by atoms with van der Waals surface area (Å²) in [6, 6.07) is 53.9. The van der Waals surface area contributed by atoms with Crippen LogP contribution in [0, 0.1) is 0 Å². The second kappa shape index (κ2) is 15.2. The van der Waals surface area contributed by atoms with Crippen LogP contribution in [0.1, 0.15) is 60.3 Å². The van der Waals surface area contributed by atoms with E-state index in [9.17, 15) is 0 Å². The molecule has 1 aromatic heterocycles. The predicted octanol–water partition coefficient (Wildman–Crippen LogP) is 14.1. The van der Waals surface area contributed by atoms with E-state index in [2.05, 4.69) is 193 Å². The third-order valence-corrected chi connectivity index (χ3v) is 12.4. The lowest BCUT2D eigenvalue weighted by atomic mass is 9.79. The molecule has 2 nitrogen and oxygen atoms in total. The standard InChI is InChI=1S/C55H46N2/c1-57-33-13-11-21-53(57)41-24-28-43(29-25-41)55-49-19-9-8-18-48(49)54(42-26-22-40(23-27-42)52-20-10-12-32-56-52)50-31-30-44(37-51(50)55)47-35-45(38-14-4-2-5-15-38)34-46(36-47)39-16-6-3-7-17-39/h2-10,12-20,22-24,26-28,30-33,35-37,45,53H,11,21,25,29,34H2,1H3. The largest absolute Gasteiger partial charge is 0.374 e. The average molecular weight is 735 g/mol. The Morgan fingerprint density at radius 3 is 2.02 bits per heavy atom. The summed E-state index contributed by atoms with van der Waals surface area (Å²) in [6.07, 6.45) is 21.7. The van der Waals surface area contributed by atoms with Gasteiger partial charge in [0, 0.05) is 30.8 Å². The number of rotatable bonds is 7. The molecule has 0 N–H and O–H groups in total. The van der Waals surface area contributed by atoms with Gasteiger partial charge in [-0.15, -0.1) is 0 Å². The molecule has 0 bridgehead atoms. The van der Waals surface area contributed by atoms with Crippen molar-refractivity contribution in [1.29, 1.82) is 0 Å². The maximum absolute atomic E-state index is 4.63. The molecule has 0 amide bonds. The first-order chi connectivity index (χ1) is 28.2. The van der Waals surface area contributed by atoms with Crippen LogP contribution < -0.4 is 0 Å². The molecule has 0 fully saturated rings. The van der Waals surface area contributed by atoms with Crippen molar-refractivity contribution in [2.75, 3.05) is 7.05 Å². The van der Waals surface area contributed by atoms with E-state index in [4.69, 9.17) is 0 Å². The normalized spacial score (nSPS) is 18.2. The second-order valence-corrected chi connectivity index (χ2v) is 15.8. The van der Waals surface area contributed by atoms with Gasteiger partial charge in [-0.2, -0.15) is 0 Å². The van der Waals surface area contributed by atoms with Crippen LogP contribution in [0.5, 0.6) is 0 Å². The molecule has 0 saturated heterocycles. The van der Waals surface area contributed by atoms with Crippen molar-refractivity contribution in [2.45, 2.75) is 44.1 Å². The highest BCUT2D eigenvalue weighted by Crippen LogP contribution is 2.46. The molecular formula is C55H46N2. The molecule has 1 aliphatic heterocycles. The van der Waals surface area contributed by atoms with Crippen LogP contribution in [0.15, 0.2) is 194 Å². The Labute approximate surface area is 336 Å². The molecule has 2 heterocycles. The summed E-state index contributed by atoms with van der Waals surface area (Å²) in [4.78, 5) is 7.03. The number of pyridine rings is 1. The summed E-state index contributed by atoms with van der Waals surface area (Å²) in [7, 11) is 2.23. The van der Waals surface area contributed by atoms with Gasteiger partial charge in [0.05, 0.1) is 5.69 Å². The highest BCUT2D eigenvalue weighted by molar-refractivity contribution is 6.19. The number of likely N-dealkylation sites (N-methyl/N-ethyl adjacent to an activating group) is 1. The molecule has 10 rings (SSSR count). The smallest absolute Gasteiger partial charge is 0.0701 e. The third kappa shape index (κ3) is 6.76. The number of hydrogen-bond acceptors (Lipinski definition) is 2. The van der Waals surface area contributed by atoms with Gasteiger partial charge >= 0.3 is 0 Å². The molecule has 0 spiro atoms. The molecule has 7 aromatic rings. The van der Waals surface area contributed by atoms with Crippen molar-refractivity contribution in [3.63, 3.8) is 0 Å². The van der Waals surface area contributed by atoms with E-state index >= 15 is 0 Å². The Morgan fingerprint density at radius 2 is 1.28 bits per heavy atom. The SMILES string of the molecule is CN1C=CCCC1C1=CC=C(c2c3ccccc3c(-c3ccc(-c4ccccn4)cc3)c3ccc(C4=CC(c5ccccc5)CC(c5ccccc5)=C4)cc23)CC1. The minimum atomic E-state index is 0.290. The first-order valence-corrected chi connectivity index (χ1v) is 20.5. The van der Waals surface area contributed by atoms with Crippen molar-refractivity contribution >= 4 is 38.3 Å². The summed E-state index contributed by atoms with van der Waals surface area (Å²) in [5.74, 6) is 0.290. The van der Waals surface area contributed by atoms with E-state index in [0.29, 0.717) is 12.0 Å². The minimum absolute atomic E-state index is 0.290. The first-order valence-electron chi connectivity index (χ1n) is 20.5. The van der Waals surface area contributed by atoms with Gasteiger partial charge in [0.1, 0.15) is 0 Å². The lowest BCUT2D eigenvalue weighted by Crippen LogP contribution is -2.31. The molecule has 3 aliphatic rings. The van der Waals surface area contributed by atoms with Crippen molar-refractivity contribution in [3.8, 4) is 22.4 Å². The van der Waals surface area contributed by atoms with E-state index in [1.54, 1.807) is 5.57 Å². The quantitative estimate of drug-likeness (QED) is 0.152. The van der Waals surface area contributed by atoms with E-state index in [0.717, 1.165) is 36.9 Å². The molecule has 0 radical (unpaired) electrons. The monoisotopic (exact) mass is 734 g/mol. The zero-order chi connectivity index (χ0) is 38.1. The van der Waals surface area contributed by atoms with Crippen LogP contribution in [0.4, 0.5) is 0 Å². The van der Waals surface area contributed by atoms with Crippen molar-refractivity contribution in [2.24, 2.45) is 0 Å². The summed E-state index contributed by atoms with van der Waals surface area (Å²) < 4.78 is 0. The van der Waals surface area contributed by atoms with Gasteiger partial charge in [0.25, 0.3) is 0 Å². The molecule has 2 atom stereocenters. The fraction of sp³-hybridized carbons (Fsp3) is 0.145. The van der Waals surface area contributed by atoms with Crippen LogP contribution in [-0.2, 0) is 0 Å². The Bertz CT molecular complexity index is 2750. The first kappa shape index (κ1) is 34.9. The average Bonchev–Trinajstić information content (AvgIpc) is 3.29. The van der Waals surface area contributed by atoms with E-state index in [-0.39, 0.29) is 0 Å². The molecule has 2 heteroatoms. The van der Waals surface area contributed by atoms with Gasteiger partial charge in [0.2, 0.25) is 0 Å². The zero-order valence-electron chi connectivity index (χ0n) is 32.5. The predicted molar refractivity (Wildman–Crippen MR) is 242 cm³/mol. The van der Waals surface area contributed by atoms with Crippen molar-refractivity contribution in [1.82, 2.24) is 9.88 Å². The van der Waals surface area contributed by atoms with Gasteiger partial charge in [0.15, 0.2) is 0 Å². The lowest BCUT2D eigenvalue weighted by molar-refractivity contribution is 0.329. The molecular weight excluding hydrogens is 689 g/mol. The van der Waals surface area contributed by atoms with Crippen LogP contribution in [0.25, 0.3) is 60.6 Å². The number of benzene rings is 6. The van der Waals surface area contributed by atoms with E-state index < -0.39 is 0 Å². The second-order valence-electron chi connectivity index (χ2n) is 15.8. The van der Waals surface area contributed by atoms with Crippen LogP contribution in [-0.4, -0.2) is 23.0 Å². The lowest BCUT2D eigenvalue weighted by Gasteiger charge is -2.33. The molecule has 2 aliphatic carbocycles. The van der Waals surface area contributed by atoms with Crippen LogP contribution in [0.2, 0.25) is 0 Å². The molecule has 6 aromatic carbocycles. The molecule has 57 heavy (non-hydrogen) atoms. The Morgan fingerprint density at radius 1 is 0.579 bits per heavy atom. The van der Waals surface area contributed by atoms with Crippen LogP contribution >= 0.6 is 0 Å². The zero-order valence-corrected chi connectivity index (χ0v) is 32.5. The highest BCUT2D eigenvalue weighted by Gasteiger charge is 2.25. The summed E-state index contributed by atoms with van der Waals surface area (Å²) in [5, 5.41) is 5.20. The maximum Gasteiger partial charge on any atom is 0.0701 e. The number of hydrogen-bond donors (Lipinski definition) is 0. The number of fused-ring (bicyclic) bond motifs is 2. The Kier molecular flexibility index (Phi) is 9.32. The summed E-state index contributed by atoms with van der Waals surface area (Å²) >= 11 is 0. The fourth-order valence-electron chi connectivity index (χ4n) is 9.50. The third-order valence-electron chi connectivity index (χ3n) is 12.4. The molecule has 2 unspecified atom stereocenters. The van der Waals surface area contributed by atoms with Crippen molar-refractivity contribution in [3.05, 3.63) is 216 Å². The Hall–Kier alpha value is -6.51. The summed E-state index contributed by atoms with van der Waals surface area (Å²) in [6.45, 7) is 0. The number of allylic oxidation sites excluding steroid dienone is 8. The van der Waals surface area contributed by atoms with Gasteiger partial charge in [-0.1, -0.05) is 158 Å². The fourth-order valence-corrected chi connectivity index (χ4v) is 9.50. The number of aromatic nitrogens is 1. The maximum atomic E-state index is 4.63. The van der Waals surface area contributed by atoms with Crippen LogP contribution in [0.3, 0.4) is 0 Å². The Balaban J connectivity index is 1.18. The number of nitrogens with zero attached hydrogens (tertiary/aromatic N) is 2. The van der Waals surface area contributed by atoms with Gasteiger partial charge in [-0.3, -0.25) is 4.98 Å². The van der Waals surface area contributed by atoms with Crippen molar-refractivity contribution < 1.29 is 0 Å². The van der Waals surface area contributed by atoms with Gasteiger partial charge in [-0.25, -0.2) is 0 Å². The minimum Gasteiger partial charge on any atom is -0.374 e.